The number of urea groups is 1. The van der Waals surface area contributed by atoms with Gasteiger partial charge in [0, 0.05) is 24.5 Å². The molecule has 0 atom stereocenters. The van der Waals surface area contributed by atoms with Crippen molar-refractivity contribution >= 4 is 17.4 Å². The summed E-state index contributed by atoms with van der Waals surface area (Å²) in [6.07, 6.45) is 0.977. The Morgan fingerprint density at radius 1 is 1.04 bits per heavy atom. The number of anilines is 2. The van der Waals surface area contributed by atoms with Crippen molar-refractivity contribution in [2.75, 3.05) is 36.5 Å². The molecule has 26 heavy (non-hydrogen) atoms. The van der Waals surface area contributed by atoms with E-state index in [0.717, 1.165) is 36.6 Å². The molecule has 2 amide bonds. The first-order valence-corrected chi connectivity index (χ1v) is 9.27. The average molecular weight is 355 g/mol. The van der Waals surface area contributed by atoms with E-state index in [4.69, 9.17) is 4.74 Å². The molecule has 5 nitrogen and oxygen atoms in total. The Balaban J connectivity index is 1.73. The number of nitrogens with one attached hydrogen (secondary N) is 2. The molecule has 0 aromatic heterocycles. The van der Waals surface area contributed by atoms with Crippen molar-refractivity contribution in [1.29, 1.82) is 0 Å². The molecule has 2 aromatic carbocycles. The third-order valence-electron chi connectivity index (χ3n) is 4.22. The number of hydrogen-bond donors (Lipinski definition) is 2. The molecule has 0 fully saturated rings. The Kier molecular flexibility index (Phi) is 7.80. The first-order valence-electron chi connectivity index (χ1n) is 9.27. The smallest absolute Gasteiger partial charge is 0.319 e. The molecule has 0 heterocycles. The van der Waals surface area contributed by atoms with Crippen molar-refractivity contribution in [1.82, 2.24) is 5.32 Å². The van der Waals surface area contributed by atoms with E-state index in [0.29, 0.717) is 13.2 Å². The van der Waals surface area contributed by atoms with Crippen LogP contribution in [0.5, 0.6) is 5.75 Å². The van der Waals surface area contributed by atoms with Gasteiger partial charge in [-0.15, -0.1) is 0 Å². The molecule has 0 saturated heterocycles. The van der Waals surface area contributed by atoms with Crippen LogP contribution in [0, 0.1) is 0 Å². The highest BCUT2D eigenvalue weighted by Gasteiger charge is 2.04. The molecular weight excluding hydrogens is 326 g/mol. The van der Waals surface area contributed by atoms with Gasteiger partial charge in [-0.05, 0) is 62.2 Å². The maximum Gasteiger partial charge on any atom is 0.319 e. The van der Waals surface area contributed by atoms with Crippen LogP contribution in [0.3, 0.4) is 0 Å². The standard InChI is InChI=1S/C21H29N3O2/c1-4-17-8-7-9-20(16-17)26-15-14-22-21(25)23-18-10-12-19(13-11-18)24(5-2)6-3/h7-13,16H,4-6,14-15H2,1-3H3,(H2,22,23,25). The van der Waals surface area contributed by atoms with Gasteiger partial charge in [0.05, 0.1) is 6.54 Å². The van der Waals surface area contributed by atoms with Gasteiger partial charge in [-0.1, -0.05) is 19.1 Å². The van der Waals surface area contributed by atoms with Gasteiger partial charge in [0.15, 0.2) is 0 Å². The minimum atomic E-state index is -0.230. The minimum Gasteiger partial charge on any atom is -0.492 e. The predicted molar refractivity (Wildman–Crippen MR) is 108 cm³/mol. The Labute approximate surface area is 156 Å². The van der Waals surface area contributed by atoms with Crippen LogP contribution in [0.1, 0.15) is 26.3 Å². The van der Waals surface area contributed by atoms with Gasteiger partial charge < -0.3 is 20.3 Å². The molecule has 0 aliphatic carbocycles. The van der Waals surface area contributed by atoms with Crippen LogP contribution in [-0.2, 0) is 6.42 Å². The van der Waals surface area contributed by atoms with E-state index in [9.17, 15) is 4.79 Å². The second kappa shape index (κ2) is 10.3. The lowest BCUT2D eigenvalue weighted by molar-refractivity contribution is 0.247. The zero-order chi connectivity index (χ0) is 18.8. The molecule has 5 heteroatoms. The van der Waals surface area contributed by atoms with Gasteiger partial charge in [-0.2, -0.15) is 0 Å². The van der Waals surface area contributed by atoms with Gasteiger partial charge >= 0.3 is 6.03 Å². The first-order chi connectivity index (χ1) is 12.7. The van der Waals surface area contributed by atoms with E-state index < -0.39 is 0 Å². The third kappa shape index (κ3) is 5.99. The number of amides is 2. The van der Waals surface area contributed by atoms with E-state index in [-0.39, 0.29) is 6.03 Å². The number of ether oxygens (including phenoxy) is 1. The highest BCUT2D eigenvalue weighted by Crippen LogP contribution is 2.17. The minimum absolute atomic E-state index is 0.230. The molecule has 2 aromatic rings. The molecule has 0 aliphatic heterocycles. The highest BCUT2D eigenvalue weighted by molar-refractivity contribution is 5.89. The molecule has 0 radical (unpaired) electrons. The quantitative estimate of drug-likeness (QED) is 0.660. The number of benzene rings is 2. The summed E-state index contributed by atoms with van der Waals surface area (Å²) in [5.41, 5.74) is 3.17. The lowest BCUT2D eigenvalue weighted by Crippen LogP contribution is -2.32. The van der Waals surface area contributed by atoms with E-state index in [2.05, 4.69) is 42.4 Å². The van der Waals surface area contributed by atoms with E-state index in [1.807, 2.05) is 42.5 Å². The maximum absolute atomic E-state index is 12.0. The lowest BCUT2D eigenvalue weighted by Gasteiger charge is -2.21. The van der Waals surface area contributed by atoms with E-state index in [1.165, 1.54) is 5.56 Å². The molecule has 2 rings (SSSR count). The van der Waals surface area contributed by atoms with Crippen LogP contribution in [0.25, 0.3) is 0 Å². The number of hydrogen-bond acceptors (Lipinski definition) is 3. The summed E-state index contributed by atoms with van der Waals surface area (Å²) in [5.74, 6) is 0.832. The lowest BCUT2D eigenvalue weighted by atomic mass is 10.2. The SMILES string of the molecule is CCc1cccc(OCCNC(=O)Nc2ccc(N(CC)CC)cc2)c1. The van der Waals surface area contributed by atoms with Crippen molar-refractivity contribution in [2.24, 2.45) is 0 Å². The maximum atomic E-state index is 12.0. The van der Waals surface area contributed by atoms with Gasteiger partial charge in [0.2, 0.25) is 0 Å². The zero-order valence-corrected chi connectivity index (χ0v) is 15.9. The fourth-order valence-corrected chi connectivity index (χ4v) is 2.71. The van der Waals surface area contributed by atoms with Crippen LogP contribution < -0.4 is 20.3 Å². The van der Waals surface area contributed by atoms with Crippen LogP contribution in [-0.4, -0.2) is 32.3 Å². The van der Waals surface area contributed by atoms with Crippen molar-refractivity contribution < 1.29 is 9.53 Å². The number of carbonyl (C=O) groups is 1. The Morgan fingerprint density at radius 3 is 2.42 bits per heavy atom. The summed E-state index contributed by atoms with van der Waals surface area (Å²) in [7, 11) is 0. The van der Waals surface area contributed by atoms with Gasteiger partial charge in [0.1, 0.15) is 12.4 Å². The average Bonchev–Trinajstić information content (AvgIpc) is 2.67. The summed E-state index contributed by atoms with van der Waals surface area (Å²) in [6.45, 7) is 9.17. The van der Waals surface area contributed by atoms with Crippen LogP contribution in [0.4, 0.5) is 16.2 Å². The number of carbonyl (C=O) groups excluding carboxylic acids is 1. The largest absolute Gasteiger partial charge is 0.492 e. The van der Waals surface area contributed by atoms with Crippen LogP contribution in [0.2, 0.25) is 0 Å². The fraction of sp³-hybridized carbons (Fsp3) is 0.381. The summed E-state index contributed by atoms with van der Waals surface area (Å²) < 4.78 is 5.67. The monoisotopic (exact) mass is 355 g/mol. The normalized spacial score (nSPS) is 10.3. The Morgan fingerprint density at radius 2 is 1.77 bits per heavy atom. The van der Waals surface area contributed by atoms with Crippen molar-refractivity contribution in [3.8, 4) is 5.75 Å². The topological polar surface area (TPSA) is 53.6 Å². The zero-order valence-electron chi connectivity index (χ0n) is 15.9. The van der Waals surface area contributed by atoms with Gasteiger partial charge in [-0.25, -0.2) is 4.79 Å². The summed E-state index contributed by atoms with van der Waals surface area (Å²) in [5, 5.41) is 5.64. The molecule has 140 valence electrons. The Hall–Kier alpha value is -2.69. The predicted octanol–water partition coefficient (Wildman–Crippen LogP) is 4.30. The van der Waals surface area contributed by atoms with Crippen molar-refractivity contribution in [3.63, 3.8) is 0 Å². The third-order valence-corrected chi connectivity index (χ3v) is 4.22. The molecule has 2 N–H and O–H groups in total. The first kappa shape index (κ1) is 19.6. The molecule has 0 bridgehead atoms. The number of rotatable bonds is 9. The van der Waals surface area contributed by atoms with Gasteiger partial charge in [0.25, 0.3) is 0 Å². The van der Waals surface area contributed by atoms with Gasteiger partial charge in [-0.3, -0.25) is 0 Å². The summed E-state index contributed by atoms with van der Waals surface area (Å²) >= 11 is 0. The van der Waals surface area contributed by atoms with Crippen molar-refractivity contribution in [3.05, 3.63) is 54.1 Å². The van der Waals surface area contributed by atoms with Crippen molar-refractivity contribution in [2.45, 2.75) is 27.2 Å². The molecule has 0 spiro atoms. The van der Waals surface area contributed by atoms with E-state index >= 15 is 0 Å². The second-order valence-electron chi connectivity index (χ2n) is 5.95. The van der Waals surface area contributed by atoms with E-state index in [1.54, 1.807) is 0 Å². The highest BCUT2D eigenvalue weighted by atomic mass is 16.5. The number of nitrogens with zero attached hydrogens (tertiary/aromatic N) is 1. The number of aryl methyl sites for hydroxylation is 1. The van der Waals surface area contributed by atoms with Crippen LogP contribution >= 0.6 is 0 Å². The molecule has 0 unspecified atom stereocenters. The second-order valence-corrected chi connectivity index (χ2v) is 5.95. The fourth-order valence-electron chi connectivity index (χ4n) is 2.71. The molecule has 0 saturated carbocycles. The Bertz CT molecular complexity index is 682. The molecular formula is C21H29N3O2. The van der Waals surface area contributed by atoms with Crippen LogP contribution in [0.15, 0.2) is 48.5 Å². The molecule has 0 aliphatic rings. The summed E-state index contributed by atoms with van der Waals surface area (Å²) in [6, 6.07) is 15.7. The summed E-state index contributed by atoms with van der Waals surface area (Å²) in [4.78, 5) is 14.2.